The molecule has 6 nitrogen and oxygen atoms in total. The van der Waals surface area contributed by atoms with Gasteiger partial charge in [0.2, 0.25) is 0 Å². The SMILES string of the molecule is CCC(Oc1ccc(/C=C2/SC(=O)N(c3ccc(F)cc3)C2=O)cc1)C(=O)O. The van der Waals surface area contributed by atoms with Crippen LogP contribution in [0.4, 0.5) is 14.9 Å². The van der Waals surface area contributed by atoms with Gasteiger partial charge in [0.15, 0.2) is 6.10 Å². The van der Waals surface area contributed by atoms with E-state index >= 15 is 0 Å². The number of carbonyl (C=O) groups excluding carboxylic acids is 2. The Morgan fingerprint density at radius 2 is 1.82 bits per heavy atom. The van der Waals surface area contributed by atoms with Crippen molar-refractivity contribution >= 4 is 40.6 Å². The molecule has 2 aromatic carbocycles. The molecule has 0 aliphatic carbocycles. The number of carboxylic acid groups (broad SMARTS) is 1. The molecule has 1 fully saturated rings. The number of carbonyl (C=O) groups is 3. The molecule has 1 unspecified atom stereocenters. The summed E-state index contributed by atoms with van der Waals surface area (Å²) in [5, 5.41) is 8.57. The van der Waals surface area contributed by atoms with Gasteiger partial charge in [-0.1, -0.05) is 19.1 Å². The first-order valence-electron chi connectivity index (χ1n) is 8.42. The van der Waals surface area contributed by atoms with Gasteiger partial charge in [0.1, 0.15) is 11.6 Å². The van der Waals surface area contributed by atoms with Gasteiger partial charge in [0.25, 0.3) is 11.1 Å². The van der Waals surface area contributed by atoms with Crippen molar-refractivity contribution in [3.8, 4) is 5.75 Å². The maximum atomic E-state index is 13.1. The van der Waals surface area contributed by atoms with Crippen molar-refractivity contribution in [1.29, 1.82) is 0 Å². The number of benzene rings is 2. The fourth-order valence-electron chi connectivity index (χ4n) is 2.55. The van der Waals surface area contributed by atoms with Gasteiger partial charge < -0.3 is 9.84 Å². The first kappa shape index (κ1) is 19.6. The van der Waals surface area contributed by atoms with Crippen LogP contribution in [0.3, 0.4) is 0 Å². The van der Waals surface area contributed by atoms with E-state index < -0.39 is 29.0 Å². The molecule has 2 amide bonds. The predicted molar refractivity (Wildman–Crippen MR) is 104 cm³/mol. The van der Waals surface area contributed by atoms with Crippen LogP contribution < -0.4 is 9.64 Å². The van der Waals surface area contributed by atoms with Crippen LogP contribution in [0.15, 0.2) is 53.4 Å². The fraction of sp³-hybridized carbons (Fsp3) is 0.150. The normalized spacial score (nSPS) is 16.5. The van der Waals surface area contributed by atoms with Crippen molar-refractivity contribution in [3.63, 3.8) is 0 Å². The van der Waals surface area contributed by atoms with E-state index in [1.807, 2.05) is 0 Å². The molecule has 2 aromatic rings. The number of halogens is 1. The zero-order chi connectivity index (χ0) is 20.3. The summed E-state index contributed by atoms with van der Waals surface area (Å²) >= 11 is 0.794. The highest BCUT2D eigenvalue weighted by molar-refractivity contribution is 8.19. The smallest absolute Gasteiger partial charge is 0.344 e. The number of amides is 2. The standard InChI is InChI=1S/C20H16FNO5S/c1-2-16(19(24)25)27-15-9-3-12(4-10-15)11-17-18(23)22(20(26)28-17)14-7-5-13(21)6-8-14/h3-11,16H,2H2,1H3,(H,24,25)/b17-11+. The number of imide groups is 1. The quantitative estimate of drug-likeness (QED) is 0.726. The highest BCUT2D eigenvalue weighted by atomic mass is 32.2. The predicted octanol–water partition coefficient (Wildman–Crippen LogP) is 4.31. The summed E-state index contributed by atoms with van der Waals surface area (Å²) in [7, 11) is 0. The number of ether oxygens (including phenoxy) is 1. The fourth-order valence-corrected chi connectivity index (χ4v) is 3.39. The minimum Gasteiger partial charge on any atom is -0.479 e. The van der Waals surface area contributed by atoms with E-state index in [1.54, 1.807) is 37.3 Å². The molecule has 8 heteroatoms. The minimum atomic E-state index is -1.04. The van der Waals surface area contributed by atoms with Crippen LogP contribution >= 0.6 is 11.8 Å². The van der Waals surface area contributed by atoms with Gasteiger partial charge in [-0.05, 0) is 66.2 Å². The molecule has 1 aliphatic heterocycles. The summed E-state index contributed by atoms with van der Waals surface area (Å²) < 4.78 is 18.5. The lowest BCUT2D eigenvalue weighted by Gasteiger charge is -2.13. The summed E-state index contributed by atoms with van der Waals surface area (Å²) in [6.45, 7) is 1.71. The molecular formula is C20H16FNO5S. The molecular weight excluding hydrogens is 385 g/mol. The average molecular weight is 401 g/mol. The highest BCUT2D eigenvalue weighted by Crippen LogP contribution is 2.35. The van der Waals surface area contributed by atoms with Gasteiger partial charge >= 0.3 is 5.97 Å². The van der Waals surface area contributed by atoms with Crippen molar-refractivity contribution < 1.29 is 28.6 Å². The molecule has 1 saturated heterocycles. The van der Waals surface area contributed by atoms with E-state index in [-0.39, 0.29) is 4.91 Å². The molecule has 0 saturated carbocycles. The van der Waals surface area contributed by atoms with E-state index in [9.17, 15) is 18.8 Å². The Hall–Kier alpha value is -3.13. The lowest BCUT2D eigenvalue weighted by molar-refractivity contribution is -0.145. The van der Waals surface area contributed by atoms with Crippen molar-refractivity contribution in [1.82, 2.24) is 0 Å². The number of carboxylic acids is 1. The average Bonchev–Trinajstić information content (AvgIpc) is 2.95. The highest BCUT2D eigenvalue weighted by Gasteiger charge is 2.36. The van der Waals surface area contributed by atoms with Gasteiger partial charge in [-0.2, -0.15) is 0 Å². The monoisotopic (exact) mass is 401 g/mol. The van der Waals surface area contributed by atoms with E-state index in [2.05, 4.69) is 0 Å². The molecule has 0 bridgehead atoms. The second-order valence-corrected chi connectivity index (χ2v) is 6.91. The lowest BCUT2D eigenvalue weighted by Crippen LogP contribution is -2.27. The van der Waals surface area contributed by atoms with E-state index in [1.165, 1.54) is 24.3 Å². The zero-order valence-electron chi connectivity index (χ0n) is 14.8. The van der Waals surface area contributed by atoms with Crippen molar-refractivity contribution in [2.24, 2.45) is 0 Å². The lowest BCUT2D eigenvalue weighted by atomic mass is 10.2. The number of rotatable bonds is 6. The van der Waals surface area contributed by atoms with E-state index in [0.29, 0.717) is 23.4 Å². The number of anilines is 1. The van der Waals surface area contributed by atoms with Crippen LogP contribution in [0, 0.1) is 5.82 Å². The molecule has 1 aliphatic rings. The number of hydrogen-bond donors (Lipinski definition) is 1. The van der Waals surface area contributed by atoms with Gasteiger partial charge in [-0.15, -0.1) is 0 Å². The van der Waals surface area contributed by atoms with Crippen molar-refractivity contribution in [3.05, 3.63) is 64.8 Å². The molecule has 0 radical (unpaired) electrons. The van der Waals surface area contributed by atoms with Crippen LogP contribution in [-0.4, -0.2) is 28.3 Å². The third-order valence-corrected chi connectivity index (χ3v) is 4.85. The second kappa shape index (κ2) is 8.26. The Morgan fingerprint density at radius 3 is 2.39 bits per heavy atom. The van der Waals surface area contributed by atoms with Gasteiger partial charge in [0.05, 0.1) is 10.6 Å². The van der Waals surface area contributed by atoms with Crippen LogP contribution in [0.5, 0.6) is 5.75 Å². The Kier molecular flexibility index (Phi) is 5.79. The minimum absolute atomic E-state index is 0.236. The maximum Gasteiger partial charge on any atom is 0.344 e. The molecule has 1 atom stereocenters. The third kappa shape index (κ3) is 4.23. The Morgan fingerprint density at radius 1 is 1.18 bits per heavy atom. The van der Waals surface area contributed by atoms with Gasteiger partial charge in [-0.25, -0.2) is 14.1 Å². The van der Waals surface area contributed by atoms with Crippen LogP contribution in [-0.2, 0) is 9.59 Å². The maximum absolute atomic E-state index is 13.1. The third-order valence-electron chi connectivity index (χ3n) is 3.98. The first-order chi connectivity index (χ1) is 13.4. The molecule has 0 spiro atoms. The van der Waals surface area contributed by atoms with Gasteiger partial charge in [-0.3, -0.25) is 9.59 Å². The number of nitrogens with zero attached hydrogens (tertiary/aromatic N) is 1. The zero-order valence-corrected chi connectivity index (χ0v) is 15.6. The Balaban J connectivity index is 1.76. The molecule has 1 heterocycles. The van der Waals surface area contributed by atoms with Crippen molar-refractivity contribution in [2.45, 2.75) is 19.4 Å². The summed E-state index contributed by atoms with van der Waals surface area (Å²) in [6.07, 6.45) is 0.957. The molecule has 1 N–H and O–H groups in total. The second-order valence-electron chi connectivity index (χ2n) is 5.92. The Bertz CT molecular complexity index is 940. The topological polar surface area (TPSA) is 83.9 Å². The van der Waals surface area contributed by atoms with Crippen LogP contribution in [0.25, 0.3) is 6.08 Å². The van der Waals surface area contributed by atoms with E-state index in [4.69, 9.17) is 9.84 Å². The summed E-state index contributed by atoms with van der Waals surface area (Å²) in [6, 6.07) is 11.6. The molecule has 144 valence electrons. The first-order valence-corrected chi connectivity index (χ1v) is 9.23. The summed E-state index contributed by atoms with van der Waals surface area (Å²) in [5.41, 5.74) is 0.954. The molecule has 28 heavy (non-hydrogen) atoms. The van der Waals surface area contributed by atoms with E-state index in [0.717, 1.165) is 16.7 Å². The van der Waals surface area contributed by atoms with Crippen LogP contribution in [0.1, 0.15) is 18.9 Å². The number of hydrogen-bond acceptors (Lipinski definition) is 5. The van der Waals surface area contributed by atoms with Crippen molar-refractivity contribution in [2.75, 3.05) is 4.90 Å². The molecule has 3 rings (SSSR count). The molecule has 0 aromatic heterocycles. The summed E-state index contributed by atoms with van der Waals surface area (Å²) in [5.74, 6) is -1.59. The van der Waals surface area contributed by atoms with Crippen LogP contribution in [0.2, 0.25) is 0 Å². The Labute approximate surface area is 164 Å². The largest absolute Gasteiger partial charge is 0.479 e. The van der Waals surface area contributed by atoms with Gasteiger partial charge in [0, 0.05) is 0 Å². The summed E-state index contributed by atoms with van der Waals surface area (Å²) in [4.78, 5) is 37.0. The number of thioether (sulfide) groups is 1. The number of aliphatic carboxylic acids is 1.